The summed E-state index contributed by atoms with van der Waals surface area (Å²) in [5, 5.41) is 12.1. The molecule has 0 spiro atoms. The molecule has 0 aliphatic heterocycles. The Morgan fingerprint density at radius 2 is 2.38 bits per heavy atom. The summed E-state index contributed by atoms with van der Waals surface area (Å²) in [6.07, 6.45) is 2.18. The normalized spacial score (nSPS) is 9.50. The van der Waals surface area contributed by atoms with Gasteiger partial charge in [0.05, 0.1) is 11.3 Å². The smallest absolute Gasteiger partial charge is 0.219 e. The summed E-state index contributed by atoms with van der Waals surface area (Å²) in [7, 11) is 0. The number of rotatable bonds is 5. The lowest BCUT2D eigenvalue weighted by Gasteiger charge is -2.09. The summed E-state index contributed by atoms with van der Waals surface area (Å²) in [5.41, 5.74) is 6.39. The molecule has 4 nitrogen and oxygen atoms in total. The number of thioether (sulfide) groups is 1. The fourth-order valence-corrected chi connectivity index (χ4v) is 1.86. The summed E-state index contributed by atoms with van der Waals surface area (Å²) in [6.45, 7) is 0.446. The Balaban J connectivity index is 2.80. The molecular weight excluding hydrogens is 222 g/mol. The van der Waals surface area contributed by atoms with Crippen molar-refractivity contribution in [2.24, 2.45) is 5.73 Å². The second-order valence-corrected chi connectivity index (χ2v) is 3.99. The van der Waals surface area contributed by atoms with Crippen molar-refractivity contribution in [1.29, 1.82) is 5.26 Å². The highest BCUT2D eigenvalue weighted by atomic mass is 32.2. The summed E-state index contributed by atoms with van der Waals surface area (Å²) in [4.78, 5) is 11.5. The first-order valence-electron chi connectivity index (χ1n) is 4.78. The first-order chi connectivity index (χ1) is 7.69. The summed E-state index contributed by atoms with van der Waals surface area (Å²) >= 11 is 1.52. The predicted molar refractivity (Wildman–Crippen MR) is 65.2 cm³/mol. The van der Waals surface area contributed by atoms with E-state index in [-0.39, 0.29) is 12.3 Å². The summed E-state index contributed by atoms with van der Waals surface area (Å²) in [6, 6.07) is 7.74. The molecule has 0 radical (unpaired) electrons. The van der Waals surface area contributed by atoms with Gasteiger partial charge in [0, 0.05) is 17.9 Å². The maximum absolute atomic E-state index is 10.6. The highest BCUT2D eigenvalue weighted by molar-refractivity contribution is 7.98. The number of hydrogen-bond donors (Lipinski definition) is 2. The monoisotopic (exact) mass is 235 g/mol. The SMILES string of the molecule is CSc1cccc(NCCC(N)=O)c1C#N. The first kappa shape index (κ1) is 12.4. The van der Waals surface area contributed by atoms with E-state index in [1.807, 2.05) is 24.5 Å². The number of nitriles is 1. The number of nitrogens with two attached hydrogens (primary N) is 1. The van der Waals surface area contributed by atoms with Crippen LogP contribution in [-0.2, 0) is 4.79 Å². The van der Waals surface area contributed by atoms with Crippen LogP contribution in [0.4, 0.5) is 5.69 Å². The lowest BCUT2D eigenvalue weighted by atomic mass is 10.2. The molecule has 0 saturated heterocycles. The van der Waals surface area contributed by atoms with Crippen molar-refractivity contribution in [3.8, 4) is 6.07 Å². The minimum absolute atomic E-state index is 0.258. The molecule has 1 aromatic rings. The van der Waals surface area contributed by atoms with E-state index in [4.69, 9.17) is 11.0 Å². The van der Waals surface area contributed by atoms with Gasteiger partial charge in [0.2, 0.25) is 5.91 Å². The Bertz CT molecular complexity index is 426. The molecule has 0 fully saturated rings. The van der Waals surface area contributed by atoms with Gasteiger partial charge in [-0.2, -0.15) is 5.26 Å². The second-order valence-electron chi connectivity index (χ2n) is 3.14. The zero-order chi connectivity index (χ0) is 12.0. The van der Waals surface area contributed by atoms with Crippen LogP contribution in [0.5, 0.6) is 0 Å². The van der Waals surface area contributed by atoms with Crippen LogP contribution >= 0.6 is 11.8 Å². The van der Waals surface area contributed by atoms with E-state index < -0.39 is 0 Å². The summed E-state index contributed by atoms with van der Waals surface area (Å²) in [5.74, 6) is -0.355. The predicted octanol–water partition coefficient (Wildman–Crippen LogP) is 1.57. The van der Waals surface area contributed by atoms with E-state index >= 15 is 0 Å². The number of benzene rings is 1. The number of carbonyl (C=O) groups excluding carboxylic acids is 1. The van der Waals surface area contributed by atoms with Crippen molar-refractivity contribution < 1.29 is 4.79 Å². The molecule has 0 aliphatic carbocycles. The number of anilines is 1. The van der Waals surface area contributed by atoms with Gasteiger partial charge in [-0.3, -0.25) is 4.79 Å². The number of carbonyl (C=O) groups is 1. The number of primary amides is 1. The number of nitrogens with zero attached hydrogens (tertiary/aromatic N) is 1. The molecule has 0 saturated carbocycles. The second kappa shape index (κ2) is 6.03. The van der Waals surface area contributed by atoms with Gasteiger partial charge >= 0.3 is 0 Å². The molecule has 0 bridgehead atoms. The standard InChI is InChI=1S/C11H13N3OS/c1-16-10-4-2-3-9(8(10)7-12)14-6-5-11(13)15/h2-4,14H,5-6H2,1H3,(H2,13,15). The van der Waals surface area contributed by atoms with E-state index in [1.54, 1.807) is 0 Å². The molecule has 16 heavy (non-hydrogen) atoms. The third-order valence-electron chi connectivity index (χ3n) is 2.04. The van der Waals surface area contributed by atoms with Gasteiger partial charge in [0.15, 0.2) is 0 Å². The van der Waals surface area contributed by atoms with Crippen LogP contribution < -0.4 is 11.1 Å². The topological polar surface area (TPSA) is 78.9 Å². The zero-order valence-electron chi connectivity index (χ0n) is 8.99. The molecule has 0 atom stereocenters. The van der Waals surface area contributed by atoms with Crippen LogP contribution in [0, 0.1) is 11.3 Å². The van der Waals surface area contributed by atoms with Crippen LogP contribution in [0.25, 0.3) is 0 Å². The maximum Gasteiger partial charge on any atom is 0.219 e. The fourth-order valence-electron chi connectivity index (χ4n) is 1.28. The average molecular weight is 235 g/mol. The van der Waals surface area contributed by atoms with Crippen molar-refractivity contribution in [3.63, 3.8) is 0 Å². The Morgan fingerprint density at radius 1 is 1.62 bits per heavy atom. The van der Waals surface area contributed by atoms with Crippen LogP contribution in [0.3, 0.4) is 0 Å². The third-order valence-corrected chi connectivity index (χ3v) is 2.82. The summed E-state index contributed by atoms with van der Waals surface area (Å²) < 4.78 is 0. The lowest BCUT2D eigenvalue weighted by Crippen LogP contribution is -2.16. The number of amides is 1. The van der Waals surface area contributed by atoms with E-state index in [1.165, 1.54) is 11.8 Å². The minimum Gasteiger partial charge on any atom is -0.383 e. The highest BCUT2D eigenvalue weighted by Crippen LogP contribution is 2.26. The van der Waals surface area contributed by atoms with Crippen molar-refractivity contribution in [2.75, 3.05) is 18.1 Å². The quantitative estimate of drug-likeness (QED) is 0.759. The Kier molecular flexibility index (Phi) is 4.67. The van der Waals surface area contributed by atoms with Crippen LogP contribution in [0.1, 0.15) is 12.0 Å². The van der Waals surface area contributed by atoms with Gasteiger partial charge in [-0.15, -0.1) is 11.8 Å². The van der Waals surface area contributed by atoms with Gasteiger partial charge in [0.25, 0.3) is 0 Å². The van der Waals surface area contributed by atoms with E-state index in [9.17, 15) is 4.79 Å². The molecule has 1 rings (SSSR count). The first-order valence-corrected chi connectivity index (χ1v) is 6.00. The molecule has 3 N–H and O–H groups in total. The molecule has 84 valence electrons. The Hall–Kier alpha value is -1.67. The van der Waals surface area contributed by atoms with E-state index in [2.05, 4.69) is 11.4 Å². The number of hydrogen-bond acceptors (Lipinski definition) is 4. The van der Waals surface area contributed by atoms with Gasteiger partial charge in [0.1, 0.15) is 6.07 Å². The average Bonchev–Trinajstić information content (AvgIpc) is 2.28. The molecule has 0 heterocycles. The van der Waals surface area contributed by atoms with Crippen LogP contribution in [0.15, 0.2) is 23.1 Å². The molecule has 0 unspecified atom stereocenters. The lowest BCUT2D eigenvalue weighted by molar-refractivity contribution is -0.117. The van der Waals surface area contributed by atoms with Crippen molar-refractivity contribution in [1.82, 2.24) is 0 Å². The van der Waals surface area contributed by atoms with Crippen molar-refractivity contribution in [2.45, 2.75) is 11.3 Å². The van der Waals surface area contributed by atoms with Crippen molar-refractivity contribution >= 4 is 23.4 Å². The van der Waals surface area contributed by atoms with E-state index in [0.29, 0.717) is 12.1 Å². The van der Waals surface area contributed by atoms with Gasteiger partial charge < -0.3 is 11.1 Å². The zero-order valence-corrected chi connectivity index (χ0v) is 9.80. The molecule has 5 heteroatoms. The fraction of sp³-hybridized carbons (Fsp3) is 0.273. The molecule has 1 aromatic carbocycles. The Morgan fingerprint density at radius 3 is 2.94 bits per heavy atom. The largest absolute Gasteiger partial charge is 0.383 e. The minimum atomic E-state index is -0.355. The molecular formula is C11H13N3OS. The third kappa shape index (κ3) is 3.17. The maximum atomic E-state index is 10.6. The highest BCUT2D eigenvalue weighted by Gasteiger charge is 2.06. The van der Waals surface area contributed by atoms with Crippen molar-refractivity contribution in [3.05, 3.63) is 23.8 Å². The van der Waals surface area contributed by atoms with E-state index in [0.717, 1.165) is 10.6 Å². The molecule has 1 amide bonds. The van der Waals surface area contributed by atoms with Gasteiger partial charge in [-0.25, -0.2) is 0 Å². The van der Waals surface area contributed by atoms with Gasteiger partial charge in [-0.1, -0.05) is 6.07 Å². The van der Waals surface area contributed by atoms with Gasteiger partial charge in [-0.05, 0) is 18.4 Å². The Labute approximate surface area is 98.8 Å². The van der Waals surface area contributed by atoms with Crippen LogP contribution in [-0.4, -0.2) is 18.7 Å². The molecule has 0 aliphatic rings. The number of nitrogens with one attached hydrogen (secondary N) is 1. The van der Waals surface area contributed by atoms with Crippen LogP contribution in [0.2, 0.25) is 0 Å². The molecule has 0 aromatic heterocycles.